The Balaban J connectivity index is 2.18. The van der Waals surface area contributed by atoms with E-state index in [2.05, 4.69) is 12.2 Å². The zero-order chi connectivity index (χ0) is 13.8. The van der Waals surface area contributed by atoms with Crippen LogP contribution in [0.15, 0.2) is 18.2 Å². The van der Waals surface area contributed by atoms with Crippen LogP contribution < -0.4 is 10.2 Å². The quantitative estimate of drug-likeness (QED) is 0.715. The van der Waals surface area contributed by atoms with E-state index in [4.69, 9.17) is 11.6 Å². The first-order valence-corrected chi connectivity index (χ1v) is 7.10. The highest BCUT2D eigenvalue weighted by molar-refractivity contribution is 6.33. The maximum absolute atomic E-state index is 9.67. The lowest BCUT2D eigenvalue weighted by molar-refractivity contribution is 0.0572. The fraction of sp³-hybridized carbons (Fsp3) is 0.571. The van der Waals surface area contributed by atoms with Crippen molar-refractivity contribution in [3.8, 4) is 0 Å². The van der Waals surface area contributed by atoms with Gasteiger partial charge in [-0.2, -0.15) is 0 Å². The molecular formula is C14H21ClN2O2. The number of anilines is 1. The van der Waals surface area contributed by atoms with Gasteiger partial charge in [0.15, 0.2) is 0 Å². The zero-order valence-electron chi connectivity index (χ0n) is 11.1. The monoisotopic (exact) mass is 284 g/mol. The van der Waals surface area contributed by atoms with E-state index in [0.717, 1.165) is 30.8 Å². The van der Waals surface area contributed by atoms with Gasteiger partial charge in [0.25, 0.3) is 0 Å². The molecule has 0 amide bonds. The first-order chi connectivity index (χ1) is 9.13. The third-order valence-corrected chi connectivity index (χ3v) is 3.69. The fourth-order valence-electron chi connectivity index (χ4n) is 2.41. The average Bonchev–Trinajstić information content (AvgIpc) is 2.69. The Morgan fingerprint density at radius 1 is 1.32 bits per heavy atom. The highest BCUT2D eigenvalue weighted by Gasteiger charge is 2.31. The number of hydrogen-bond acceptors (Lipinski definition) is 4. The Hall–Kier alpha value is -0.810. The summed E-state index contributed by atoms with van der Waals surface area (Å²) in [5.41, 5.74) is 2.02. The second kappa shape index (κ2) is 6.57. The number of nitrogens with zero attached hydrogens (tertiary/aromatic N) is 1. The van der Waals surface area contributed by atoms with Crippen molar-refractivity contribution in [2.45, 2.75) is 32.1 Å². The van der Waals surface area contributed by atoms with Crippen molar-refractivity contribution in [2.75, 3.05) is 24.5 Å². The number of hydrogen-bond donors (Lipinski definition) is 3. The number of para-hydroxylation sites is 1. The summed E-state index contributed by atoms with van der Waals surface area (Å²) in [6.45, 7) is 4.67. The molecule has 5 heteroatoms. The average molecular weight is 285 g/mol. The number of rotatable bonds is 5. The van der Waals surface area contributed by atoms with Crippen molar-refractivity contribution >= 4 is 17.3 Å². The molecule has 0 radical (unpaired) electrons. The highest BCUT2D eigenvalue weighted by atomic mass is 35.5. The van der Waals surface area contributed by atoms with Crippen molar-refractivity contribution in [1.29, 1.82) is 0 Å². The summed E-state index contributed by atoms with van der Waals surface area (Å²) >= 11 is 6.28. The van der Waals surface area contributed by atoms with Crippen LogP contribution in [-0.2, 0) is 6.54 Å². The summed E-state index contributed by atoms with van der Waals surface area (Å²) < 4.78 is 0. The van der Waals surface area contributed by atoms with Crippen LogP contribution in [0.25, 0.3) is 0 Å². The largest absolute Gasteiger partial charge is 0.389 e. The van der Waals surface area contributed by atoms with Gasteiger partial charge in [0.05, 0.1) is 22.9 Å². The van der Waals surface area contributed by atoms with Crippen molar-refractivity contribution in [3.05, 3.63) is 28.8 Å². The van der Waals surface area contributed by atoms with Crippen LogP contribution in [-0.4, -0.2) is 42.1 Å². The molecule has 0 aromatic heterocycles. The number of aliphatic hydroxyl groups excluding tert-OH is 2. The Labute approximate surface area is 119 Å². The molecule has 2 unspecified atom stereocenters. The smallest absolute Gasteiger partial charge is 0.0990 e. The van der Waals surface area contributed by atoms with E-state index in [1.165, 1.54) is 0 Å². The molecule has 4 nitrogen and oxygen atoms in total. The van der Waals surface area contributed by atoms with Gasteiger partial charge in [-0.25, -0.2) is 0 Å². The highest BCUT2D eigenvalue weighted by Crippen LogP contribution is 2.32. The fourth-order valence-corrected chi connectivity index (χ4v) is 2.72. The molecule has 1 aromatic rings. The van der Waals surface area contributed by atoms with Crippen LogP contribution >= 0.6 is 11.6 Å². The van der Waals surface area contributed by atoms with Gasteiger partial charge in [-0.15, -0.1) is 0 Å². The molecule has 19 heavy (non-hydrogen) atoms. The molecule has 3 N–H and O–H groups in total. The van der Waals surface area contributed by atoms with Gasteiger partial charge in [0.2, 0.25) is 0 Å². The van der Waals surface area contributed by atoms with Gasteiger partial charge in [-0.1, -0.05) is 30.7 Å². The standard InChI is InChI=1S/C14H21ClN2O2/c1-2-6-16-7-10-4-3-5-11(15)14(10)17-8-12(18)13(19)9-17/h3-5,12-13,16,18-19H,2,6-9H2,1H3. The van der Waals surface area contributed by atoms with Gasteiger partial charge in [0, 0.05) is 19.6 Å². The first-order valence-electron chi connectivity index (χ1n) is 6.72. The van der Waals surface area contributed by atoms with Crippen LogP contribution in [0.2, 0.25) is 5.02 Å². The minimum Gasteiger partial charge on any atom is -0.389 e. The summed E-state index contributed by atoms with van der Waals surface area (Å²) in [5, 5.41) is 23.4. The molecule has 1 fully saturated rings. The van der Waals surface area contributed by atoms with Crippen LogP contribution in [0.3, 0.4) is 0 Å². The zero-order valence-corrected chi connectivity index (χ0v) is 11.9. The first kappa shape index (κ1) is 14.6. The van der Waals surface area contributed by atoms with Gasteiger partial charge in [0.1, 0.15) is 0 Å². The Kier molecular flexibility index (Phi) is 5.05. The lowest BCUT2D eigenvalue weighted by atomic mass is 10.1. The summed E-state index contributed by atoms with van der Waals surface area (Å²) in [4.78, 5) is 1.96. The van der Waals surface area contributed by atoms with Crippen molar-refractivity contribution in [1.82, 2.24) is 5.32 Å². The Morgan fingerprint density at radius 3 is 2.63 bits per heavy atom. The molecule has 1 aromatic carbocycles. The van der Waals surface area contributed by atoms with Crippen LogP contribution in [0.5, 0.6) is 0 Å². The lowest BCUT2D eigenvalue weighted by Gasteiger charge is -2.23. The molecule has 1 heterocycles. The van der Waals surface area contributed by atoms with E-state index in [1.54, 1.807) is 0 Å². The summed E-state index contributed by atoms with van der Waals surface area (Å²) in [7, 11) is 0. The number of β-amino-alcohol motifs (C(OH)–C–C–N with tert-alkyl or cyclic N) is 2. The minimum atomic E-state index is -0.701. The van der Waals surface area contributed by atoms with E-state index in [1.807, 2.05) is 23.1 Å². The van der Waals surface area contributed by atoms with Crippen LogP contribution in [0.4, 0.5) is 5.69 Å². The number of aliphatic hydroxyl groups is 2. The summed E-state index contributed by atoms with van der Waals surface area (Å²) in [5.74, 6) is 0. The van der Waals surface area contributed by atoms with Crippen molar-refractivity contribution < 1.29 is 10.2 Å². The predicted octanol–water partition coefficient (Wildman–Crippen LogP) is 1.38. The van der Waals surface area contributed by atoms with E-state index in [0.29, 0.717) is 18.1 Å². The second-order valence-corrected chi connectivity index (χ2v) is 5.37. The molecule has 0 saturated carbocycles. The predicted molar refractivity (Wildman–Crippen MR) is 77.7 cm³/mol. The minimum absolute atomic E-state index is 0.422. The number of nitrogens with one attached hydrogen (secondary N) is 1. The maximum Gasteiger partial charge on any atom is 0.0990 e. The van der Waals surface area contributed by atoms with Gasteiger partial charge in [-0.3, -0.25) is 0 Å². The van der Waals surface area contributed by atoms with E-state index in [-0.39, 0.29) is 0 Å². The van der Waals surface area contributed by atoms with Crippen LogP contribution in [0.1, 0.15) is 18.9 Å². The molecule has 106 valence electrons. The van der Waals surface area contributed by atoms with Gasteiger partial charge in [-0.05, 0) is 24.6 Å². The summed E-state index contributed by atoms with van der Waals surface area (Å²) in [6, 6.07) is 5.80. The molecular weight excluding hydrogens is 264 g/mol. The molecule has 0 aliphatic carbocycles. The summed E-state index contributed by atoms with van der Waals surface area (Å²) in [6.07, 6.45) is -0.322. The lowest BCUT2D eigenvalue weighted by Crippen LogP contribution is -2.24. The number of halogens is 1. The van der Waals surface area contributed by atoms with E-state index < -0.39 is 12.2 Å². The molecule has 2 atom stereocenters. The molecule has 2 rings (SSSR count). The second-order valence-electron chi connectivity index (χ2n) is 4.96. The molecule has 1 aliphatic rings. The normalized spacial score (nSPS) is 23.1. The topological polar surface area (TPSA) is 55.7 Å². The molecule has 0 bridgehead atoms. The van der Waals surface area contributed by atoms with E-state index >= 15 is 0 Å². The van der Waals surface area contributed by atoms with Crippen molar-refractivity contribution in [3.63, 3.8) is 0 Å². The van der Waals surface area contributed by atoms with Crippen molar-refractivity contribution in [2.24, 2.45) is 0 Å². The third kappa shape index (κ3) is 3.39. The van der Waals surface area contributed by atoms with E-state index in [9.17, 15) is 10.2 Å². The third-order valence-electron chi connectivity index (χ3n) is 3.39. The molecule has 1 saturated heterocycles. The SMILES string of the molecule is CCCNCc1cccc(Cl)c1N1CC(O)C(O)C1. The molecule has 1 aliphatic heterocycles. The van der Waals surface area contributed by atoms with Gasteiger partial charge >= 0.3 is 0 Å². The number of benzene rings is 1. The maximum atomic E-state index is 9.67. The van der Waals surface area contributed by atoms with Crippen LogP contribution in [0, 0.1) is 0 Å². The Bertz CT molecular complexity index is 418. The van der Waals surface area contributed by atoms with Gasteiger partial charge < -0.3 is 20.4 Å². The Morgan fingerprint density at radius 2 is 2.00 bits per heavy atom. The molecule has 0 spiro atoms.